The predicted octanol–water partition coefficient (Wildman–Crippen LogP) is 1.23. The van der Waals surface area contributed by atoms with Crippen LogP contribution in [0.2, 0.25) is 0 Å². The normalized spacial score (nSPS) is 11.3. The van der Waals surface area contributed by atoms with E-state index in [-0.39, 0.29) is 12.5 Å². The molecule has 0 saturated heterocycles. The third-order valence-corrected chi connectivity index (χ3v) is 3.71. The fraction of sp³-hybridized carbons (Fsp3) is 0.263. The molecule has 2 N–H and O–H groups in total. The number of likely N-dealkylation sites (N-methyl/N-ethyl adjacent to an activating group) is 1. The standard InChI is InChI=1S/C19H21N3O3/c1-22(12-15-7-5-9-17(24-2)19(15)25-3)13-18(23)21-16-8-4-6-14(10-16)11-20/h4-10H,12-13H2,1-3H3,(H,21,23)/p+1. The van der Waals surface area contributed by atoms with Crippen molar-refractivity contribution in [2.24, 2.45) is 0 Å². The molecule has 2 rings (SSSR count). The summed E-state index contributed by atoms with van der Waals surface area (Å²) in [7, 11) is 5.14. The van der Waals surface area contributed by atoms with Gasteiger partial charge < -0.3 is 19.7 Å². The molecule has 0 spiro atoms. The molecule has 2 aromatic carbocycles. The SMILES string of the molecule is COc1cccc(C[NH+](C)CC(=O)Nc2cccc(C#N)c2)c1OC. The number of para-hydroxylation sites is 1. The number of hydrogen-bond donors (Lipinski definition) is 2. The summed E-state index contributed by atoms with van der Waals surface area (Å²) in [4.78, 5) is 13.2. The first kappa shape index (κ1) is 18.3. The molecule has 0 fully saturated rings. The van der Waals surface area contributed by atoms with Gasteiger partial charge in [0.05, 0.1) is 38.5 Å². The van der Waals surface area contributed by atoms with Crippen LogP contribution in [-0.4, -0.2) is 33.7 Å². The maximum atomic E-state index is 12.2. The van der Waals surface area contributed by atoms with E-state index in [9.17, 15) is 4.79 Å². The first-order chi connectivity index (χ1) is 12.1. The van der Waals surface area contributed by atoms with Crippen LogP contribution in [-0.2, 0) is 11.3 Å². The van der Waals surface area contributed by atoms with Gasteiger partial charge in [-0.15, -0.1) is 0 Å². The average Bonchev–Trinajstić information content (AvgIpc) is 2.61. The summed E-state index contributed by atoms with van der Waals surface area (Å²) in [5.74, 6) is 1.24. The smallest absolute Gasteiger partial charge is 0.279 e. The molecule has 0 saturated carbocycles. The Morgan fingerprint density at radius 3 is 2.64 bits per heavy atom. The molecule has 0 bridgehead atoms. The first-order valence-electron chi connectivity index (χ1n) is 7.88. The van der Waals surface area contributed by atoms with Crippen molar-refractivity contribution in [2.45, 2.75) is 6.54 Å². The molecule has 0 aliphatic rings. The Kier molecular flexibility index (Phi) is 6.38. The average molecular weight is 340 g/mol. The third kappa shape index (κ3) is 4.96. The molecule has 6 nitrogen and oxygen atoms in total. The zero-order valence-electron chi connectivity index (χ0n) is 14.6. The number of hydrogen-bond acceptors (Lipinski definition) is 4. The summed E-state index contributed by atoms with van der Waals surface area (Å²) >= 11 is 0. The number of benzene rings is 2. The summed E-state index contributed by atoms with van der Waals surface area (Å²) < 4.78 is 10.7. The molecule has 0 heterocycles. The summed E-state index contributed by atoms with van der Waals surface area (Å²) in [5, 5.41) is 11.7. The van der Waals surface area contributed by atoms with E-state index >= 15 is 0 Å². The minimum absolute atomic E-state index is 0.116. The van der Waals surface area contributed by atoms with E-state index < -0.39 is 0 Å². The second-order valence-electron chi connectivity index (χ2n) is 5.70. The zero-order valence-corrected chi connectivity index (χ0v) is 14.6. The van der Waals surface area contributed by atoms with Crippen LogP contribution in [0.1, 0.15) is 11.1 Å². The second kappa shape index (κ2) is 8.71. The van der Waals surface area contributed by atoms with Gasteiger partial charge in [-0.3, -0.25) is 4.79 Å². The van der Waals surface area contributed by atoms with Crippen LogP contribution in [0.25, 0.3) is 0 Å². The number of carbonyl (C=O) groups excluding carboxylic acids is 1. The van der Waals surface area contributed by atoms with Crippen LogP contribution >= 0.6 is 0 Å². The van der Waals surface area contributed by atoms with Gasteiger partial charge in [0.1, 0.15) is 6.54 Å². The molecular formula is C19H22N3O3+. The van der Waals surface area contributed by atoms with Gasteiger partial charge in [-0.05, 0) is 30.3 Å². The van der Waals surface area contributed by atoms with Gasteiger partial charge in [0.15, 0.2) is 18.0 Å². The molecule has 25 heavy (non-hydrogen) atoms. The highest BCUT2D eigenvalue weighted by atomic mass is 16.5. The summed E-state index contributed by atoms with van der Waals surface area (Å²) in [6, 6.07) is 14.6. The van der Waals surface area contributed by atoms with Crippen molar-refractivity contribution in [1.82, 2.24) is 0 Å². The molecule has 1 atom stereocenters. The molecule has 0 aliphatic carbocycles. The Morgan fingerprint density at radius 2 is 1.96 bits per heavy atom. The fourth-order valence-corrected chi connectivity index (χ4v) is 2.63. The van der Waals surface area contributed by atoms with Gasteiger partial charge >= 0.3 is 0 Å². The van der Waals surface area contributed by atoms with E-state index in [1.54, 1.807) is 38.5 Å². The highest BCUT2D eigenvalue weighted by Gasteiger charge is 2.16. The van der Waals surface area contributed by atoms with Crippen LogP contribution in [0.15, 0.2) is 42.5 Å². The van der Waals surface area contributed by atoms with Crippen molar-refractivity contribution in [1.29, 1.82) is 5.26 Å². The topological polar surface area (TPSA) is 75.8 Å². The number of rotatable bonds is 7. The Balaban J connectivity index is 1.99. The van der Waals surface area contributed by atoms with Crippen LogP contribution in [0.5, 0.6) is 11.5 Å². The van der Waals surface area contributed by atoms with Gasteiger partial charge in [0.25, 0.3) is 5.91 Å². The number of amides is 1. The van der Waals surface area contributed by atoms with Crippen molar-refractivity contribution < 1.29 is 19.2 Å². The highest BCUT2D eigenvalue weighted by Crippen LogP contribution is 2.29. The molecule has 6 heteroatoms. The van der Waals surface area contributed by atoms with Crippen molar-refractivity contribution in [2.75, 3.05) is 33.1 Å². The van der Waals surface area contributed by atoms with E-state index in [0.717, 1.165) is 10.5 Å². The van der Waals surface area contributed by atoms with Crippen LogP contribution in [0.4, 0.5) is 5.69 Å². The van der Waals surface area contributed by atoms with Crippen LogP contribution in [0.3, 0.4) is 0 Å². The Morgan fingerprint density at radius 1 is 1.20 bits per heavy atom. The molecule has 0 aliphatic heterocycles. The number of nitriles is 1. The van der Waals surface area contributed by atoms with Gasteiger partial charge in [-0.1, -0.05) is 12.1 Å². The molecule has 1 amide bonds. The minimum atomic E-state index is -0.116. The van der Waals surface area contributed by atoms with Gasteiger partial charge in [-0.25, -0.2) is 0 Å². The van der Waals surface area contributed by atoms with E-state index in [1.807, 2.05) is 25.2 Å². The lowest BCUT2D eigenvalue weighted by molar-refractivity contribution is -0.885. The van der Waals surface area contributed by atoms with Crippen molar-refractivity contribution in [3.8, 4) is 17.6 Å². The maximum absolute atomic E-state index is 12.2. The number of quaternary nitrogens is 1. The molecule has 130 valence electrons. The highest BCUT2D eigenvalue weighted by molar-refractivity contribution is 5.91. The quantitative estimate of drug-likeness (QED) is 0.795. The Labute approximate surface area is 147 Å². The van der Waals surface area contributed by atoms with Gasteiger partial charge in [0.2, 0.25) is 0 Å². The van der Waals surface area contributed by atoms with E-state index in [0.29, 0.717) is 29.3 Å². The summed E-state index contributed by atoms with van der Waals surface area (Å²) in [5.41, 5.74) is 2.11. The molecule has 0 aromatic heterocycles. The first-order valence-corrected chi connectivity index (χ1v) is 7.88. The number of nitrogens with zero attached hydrogens (tertiary/aromatic N) is 1. The lowest BCUT2D eigenvalue weighted by Crippen LogP contribution is -3.08. The van der Waals surface area contributed by atoms with E-state index in [1.165, 1.54) is 0 Å². The molecule has 2 aromatic rings. The lowest BCUT2D eigenvalue weighted by atomic mass is 10.1. The van der Waals surface area contributed by atoms with Crippen molar-refractivity contribution >= 4 is 11.6 Å². The number of nitrogens with one attached hydrogen (secondary N) is 2. The molecule has 0 radical (unpaired) electrons. The zero-order chi connectivity index (χ0) is 18.2. The largest absolute Gasteiger partial charge is 0.493 e. The minimum Gasteiger partial charge on any atom is -0.493 e. The van der Waals surface area contributed by atoms with E-state index in [2.05, 4.69) is 11.4 Å². The Hall–Kier alpha value is -3.04. The summed E-state index contributed by atoms with van der Waals surface area (Å²) in [6.45, 7) is 0.906. The third-order valence-electron chi connectivity index (χ3n) is 3.71. The van der Waals surface area contributed by atoms with Crippen molar-refractivity contribution in [3.63, 3.8) is 0 Å². The predicted molar refractivity (Wildman–Crippen MR) is 94.8 cm³/mol. The van der Waals surface area contributed by atoms with Gasteiger partial charge in [0, 0.05) is 5.69 Å². The Bertz CT molecular complexity index is 784. The maximum Gasteiger partial charge on any atom is 0.279 e. The molecule has 1 unspecified atom stereocenters. The second-order valence-corrected chi connectivity index (χ2v) is 5.70. The fourth-order valence-electron chi connectivity index (χ4n) is 2.63. The molecular weight excluding hydrogens is 318 g/mol. The number of methoxy groups -OCH3 is 2. The summed E-state index contributed by atoms with van der Waals surface area (Å²) in [6.07, 6.45) is 0. The monoisotopic (exact) mass is 340 g/mol. The number of carbonyl (C=O) groups is 1. The van der Waals surface area contributed by atoms with Gasteiger partial charge in [-0.2, -0.15) is 5.26 Å². The van der Waals surface area contributed by atoms with Crippen molar-refractivity contribution in [3.05, 3.63) is 53.6 Å². The number of anilines is 1. The van der Waals surface area contributed by atoms with E-state index in [4.69, 9.17) is 14.7 Å². The lowest BCUT2D eigenvalue weighted by Gasteiger charge is -2.17. The van der Waals surface area contributed by atoms with Crippen LogP contribution in [0, 0.1) is 11.3 Å². The number of ether oxygens (including phenoxy) is 2. The van der Waals surface area contributed by atoms with Crippen LogP contribution < -0.4 is 19.7 Å².